The van der Waals surface area contributed by atoms with E-state index in [1.165, 1.54) is 70.3 Å². The van der Waals surface area contributed by atoms with Gasteiger partial charge in [-0.05, 0) is 6.04 Å². The predicted molar refractivity (Wildman–Crippen MR) is 84.1 cm³/mol. The summed E-state index contributed by atoms with van der Waals surface area (Å²) >= 11 is 0. The van der Waals surface area contributed by atoms with E-state index in [0.29, 0.717) is 0 Å². The minimum atomic E-state index is -1.21. The zero-order valence-electron chi connectivity index (χ0n) is 12.0. The Morgan fingerprint density at radius 2 is 1.22 bits per heavy atom. The quantitative estimate of drug-likeness (QED) is 0.433. The molecule has 108 valence electrons. The van der Waals surface area contributed by atoms with Gasteiger partial charge >= 0.3 is 9.28 Å². The van der Waals surface area contributed by atoms with Gasteiger partial charge in [0.25, 0.3) is 20.0 Å². The van der Waals surface area contributed by atoms with Crippen molar-refractivity contribution < 1.29 is 12.3 Å². The van der Waals surface area contributed by atoms with Crippen LogP contribution in [0.15, 0.2) is 0 Å². The van der Waals surface area contributed by atoms with Crippen LogP contribution in [0.4, 0.5) is 0 Å². The fourth-order valence-electron chi connectivity index (χ4n) is 2.30. The summed E-state index contributed by atoms with van der Waals surface area (Å²) in [7, 11) is -2.40. The lowest BCUT2D eigenvalue weighted by Gasteiger charge is -2.21. The third kappa shape index (κ3) is 9.46. The van der Waals surface area contributed by atoms with E-state index in [1.807, 2.05) is 0 Å². The fourth-order valence-corrected chi connectivity index (χ4v) is 9.49. The topological polar surface area (TPSA) is 27.7 Å². The molecule has 0 amide bonds. The lowest BCUT2D eigenvalue weighted by molar-refractivity contribution is 0.320. The molecule has 18 heavy (non-hydrogen) atoms. The van der Waals surface area contributed by atoms with Gasteiger partial charge in [-0.1, -0.05) is 71.1 Å². The van der Waals surface area contributed by atoms with Crippen LogP contribution in [0.2, 0.25) is 6.04 Å². The molecule has 0 atom stereocenters. The van der Waals surface area contributed by atoms with Crippen molar-refractivity contribution in [1.29, 1.82) is 0 Å². The van der Waals surface area contributed by atoms with Crippen LogP contribution in [0.5, 0.6) is 0 Å². The monoisotopic (exact) mass is 306 g/mol. The van der Waals surface area contributed by atoms with Crippen molar-refractivity contribution in [2.45, 2.75) is 77.2 Å². The fraction of sp³-hybridized carbons (Fsp3) is 1.00. The molecule has 0 saturated carbocycles. The maximum Gasteiger partial charge on any atom is 0.303 e. The maximum absolute atomic E-state index is 5.63. The van der Waals surface area contributed by atoms with Gasteiger partial charge < -0.3 is 12.3 Å². The largest absolute Gasteiger partial charge is 0.425 e. The number of unbranched alkanes of at least 4 members (excludes halogenated alkanes) is 9. The standard InChI is InChI=1S/C12H30O3Si3/c1-2-3-4-5-6-7-8-9-10-11-12-18-14-16-13-17-15-18/h18H,2-12,16-17H2,1H3. The van der Waals surface area contributed by atoms with Crippen LogP contribution < -0.4 is 0 Å². The minimum Gasteiger partial charge on any atom is -0.425 e. The summed E-state index contributed by atoms with van der Waals surface area (Å²) in [5, 5.41) is 0. The van der Waals surface area contributed by atoms with E-state index < -0.39 is 29.3 Å². The van der Waals surface area contributed by atoms with Crippen molar-refractivity contribution in [3.63, 3.8) is 0 Å². The smallest absolute Gasteiger partial charge is 0.303 e. The number of hydrogen-bond donors (Lipinski definition) is 0. The second kappa shape index (κ2) is 12.6. The molecule has 1 rings (SSSR count). The maximum atomic E-state index is 5.63. The van der Waals surface area contributed by atoms with Crippen LogP contribution >= 0.6 is 0 Å². The third-order valence-electron chi connectivity index (χ3n) is 3.47. The number of hydrogen-bond acceptors (Lipinski definition) is 3. The van der Waals surface area contributed by atoms with Crippen molar-refractivity contribution in [1.82, 2.24) is 0 Å². The Hall–Kier alpha value is 0.531. The van der Waals surface area contributed by atoms with Gasteiger partial charge in [-0.2, -0.15) is 0 Å². The van der Waals surface area contributed by atoms with Gasteiger partial charge in [-0.15, -0.1) is 0 Å². The van der Waals surface area contributed by atoms with Crippen molar-refractivity contribution in [3.8, 4) is 0 Å². The van der Waals surface area contributed by atoms with Crippen LogP contribution in [0.25, 0.3) is 0 Å². The molecule has 0 N–H and O–H groups in total. The van der Waals surface area contributed by atoms with Gasteiger partial charge in [0, 0.05) is 0 Å². The van der Waals surface area contributed by atoms with Gasteiger partial charge in [0.15, 0.2) is 0 Å². The van der Waals surface area contributed by atoms with E-state index in [-0.39, 0.29) is 0 Å². The molecule has 0 aromatic carbocycles. The Balaban J connectivity index is 1.73. The third-order valence-corrected chi connectivity index (χ3v) is 9.74. The summed E-state index contributed by atoms with van der Waals surface area (Å²) in [6.07, 6.45) is 14.0. The van der Waals surface area contributed by atoms with Crippen molar-refractivity contribution in [2.24, 2.45) is 0 Å². The Morgan fingerprint density at radius 1 is 0.722 bits per heavy atom. The molecule has 0 aliphatic carbocycles. The highest BCUT2D eigenvalue weighted by Gasteiger charge is 2.16. The Kier molecular flexibility index (Phi) is 11.6. The van der Waals surface area contributed by atoms with Gasteiger partial charge in [0.05, 0.1) is 0 Å². The highest BCUT2D eigenvalue weighted by molar-refractivity contribution is 6.61. The van der Waals surface area contributed by atoms with Crippen molar-refractivity contribution in [2.75, 3.05) is 0 Å². The summed E-state index contributed by atoms with van der Waals surface area (Å²) in [4.78, 5) is 0. The lowest BCUT2D eigenvalue weighted by Crippen LogP contribution is -2.34. The molecule has 0 radical (unpaired) electrons. The summed E-state index contributed by atoms with van der Waals surface area (Å²) < 4.78 is 16.5. The molecule has 1 saturated heterocycles. The summed E-state index contributed by atoms with van der Waals surface area (Å²) in [6, 6.07) is 1.22. The van der Waals surface area contributed by atoms with E-state index >= 15 is 0 Å². The molecule has 3 nitrogen and oxygen atoms in total. The van der Waals surface area contributed by atoms with Crippen molar-refractivity contribution in [3.05, 3.63) is 0 Å². The molecule has 0 bridgehead atoms. The zero-order chi connectivity index (χ0) is 12.9. The number of rotatable bonds is 11. The molecular weight excluding hydrogens is 276 g/mol. The second-order valence-corrected chi connectivity index (χ2v) is 11.4. The molecule has 0 aromatic heterocycles. The first-order chi connectivity index (χ1) is 8.93. The molecule has 1 aliphatic rings. The van der Waals surface area contributed by atoms with Crippen LogP contribution in [0, 0.1) is 0 Å². The molecule has 1 fully saturated rings. The molecular formula is C12H30O3Si3. The molecule has 0 aromatic rings. The Labute approximate surface area is 119 Å². The second-order valence-electron chi connectivity index (χ2n) is 5.17. The molecule has 0 unspecified atom stereocenters. The lowest BCUT2D eigenvalue weighted by atomic mass is 10.1. The summed E-state index contributed by atoms with van der Waals surface area (Å²) in [6.45, 7) is 2.28. The SMILES string of the molecule is CCCCCCCCCCCC[SiH]1O[SiH2]O[SiH2]O1. The average Bonchev–Trinajstić information content (AvgIpc) is 2.42. The first kappa shape index (κ1) is 16.6. The van der Waals surface area contributed by atoms with E-state index in [4.69, 9.17) is 12.3 Å². The Bertz CT molecular complexity index is 178. The van der Waals surface area contributed by atoms with Crippen LogP contribution in [-0.4, -0.2) is 29.3 Å². The van der Waals surface area contributed by atoms with Gasteiger partial charge in [-0.25, -0.2) is 0 Å². The van der Waals surface area contributed by atoms with Gasteiger partial charge in [0.1, 0.15) is 0 Å². The van der Waals surface area contributed by atoms with Crippen LogP contribution in [0.3, 0.4) is 0 Å². The molecule has 1 aliphatic heterocycles. The highest BCUT2D eigenvalue weighted by Crippen LogP contribution is 2.13. The highest BCUT2D eigenvalue weighted by atomic mass is 28.4. The van der Waals surface area contributed by atoms with Crippen LogP contribution in [-0.2, 0) is 12.3 Å². The normalized spacial score (nSPS) is 22.8. The first-order valence-electron chi connectivity index (χ1n) is 7.74. The van der Waals surface area contributed by atoms with E-state index in [0.717, 1.165) is 0 Å². The minimum absolute atomic E-state index is 0.599. The summed E-state index contributed by atoms with van der Waals surface area (Å²) in [5.74, 6) is 0. The van der Waals surface area contributed by atoms with E-state index in [1.54, 1.807) is 0 Å². The zero-order valence-corrected chi connectivity index (χ0v) is 16.0. The van der Waals surface area contributed by atoms with E-state index in [2.05, 4.69) is 6.92 Å². The molecule has 0 spiro atoms. The van der Waals surface area contributed by atoms with Gasteiger partial charge in [0.2, 0.25) is 0 Å². The van der Waals surface area contributed by atoms with Crippen LogP contribution in [0.1, 0.15) is 71.1 Å². The first-order valence-corrected chi connectivity index (χ1v) is 11.8. The van der Waals surface area contributed by atoms with E-state index in [9.17, 15) is 0 Å². The van der Waals surface area contributed by atoms with Crippen molar-refractivity contribution >= 4 is 29.3 Å². The van der Waals surface area contributed by atoms with Gasteiger partial charge in [-0.3, -0.25) is 0 Å². The molecule has 1 heterocycles. The summed E-state index contributed by atoms with van der Waals surface area (Å²) in [5.41, 5.74) is 0. The Morgan fingerprint density at radius 3 is 1.78 bits per heavy atom. The molecule has 6 heteroatoms. The average molecular weight is 307 g/mol. The predicted octanol–water partition coefficient (Wildman–Crippen LogP) is 2.19.